The molecule has 7 nitrogen and oxygen atoms in total. The summed E-state index contributed by atoms with van der Waals surface area (Å²) in [4.78, 5) is 38.9. The van der Waals surface area contributed by atoms with Crippen molar-refractivity contribution in [2.24, 2.45) is 5.92 Å². The van der Waals surface area contributed by atoms with Gasteiger partial charge in [0.05, 0.1) is 5.92 Å². The standard InChI is InChI=1S/C28H29N3O4/c1-20-6-5-9-23(16-20)30-26(32)19-35-25-12-10-24(11-13-25)31-18-22(17-27(31)33)28(34)29-15-14-21-7-3-2-4-8-21/h2-13,16,22H,14-15,17-19H2,1H3,(H,29,34)(H,30,32)/t22-/m0/s1. The Morgan fingerprint density at radius 2 is 1.77 bits per heavy atom. The number of carbonyl (C=O) groups is 3. The van der Waals surface area contributed by atoms with Crippen molar-refractivity contribution in [3.8, 4) is 5.75 Å². The van der Waals surface area contributed by atoms with E-state index in [9.17, 15) is 14.4 Å². The molecule has 0 saturated carbocycles. The highest BCUT2D eigenvalue weighted by Gasteiger charge is 2.34. The molecule has 7 heteroatoms. The molecule has 1 atom stereocenters. The van der Waals surface area contributed by atoms with Crippen LogP contribution < -0.4 is 20.3 Å². The van der Waals surface area contributed by atoms with Gasteiger partial charge < -0.3 is 20.3 Å². The van der Waals surface area contributed by atoms with Gasteiger partial charge in [-0.05, 0) is 60.9 Å². The van der Waals surface area contributed by atoms with Crippen molar-refractivity contribution in [3.05, 3.63) is 90.0 Å². The zero-order chi connectivity index (χ0) is 24.6. The minimum absolute atomic E-state index is 0.0839. The monoisotopic (exact) mass is 471 g/mol. The Labute approximate surface area is 205 Å². The van der Waals surface area contributed by atoms with Gasteiger partial charge in [-0.2, -0.15) is 0 Å². The van der Waals surface area contributed by atoms with Crippen molar-refractivity contribution < 1.29 is 19.1 Å². The molecule has 4 rings (SSSR count). The third-order valence-corrected chi connectivity index (χ3v) is 5.87. The molecule has 3 amide bonds. The van der Waals surface area contributed by atoms with Crippen LogP contribution in [0.4, 0.5) is 11.4 Å². The van der Waals surface area contributed by atoms with Crippen LogP contribution in [0.15, 0.2) is 78.9 Å². The van der Waals surface area contributed by atoms with E-state index in [0.29, 0.717) is 24.5 Å². The quantitative estimate of drug-likeness (QED) is 0.498. The van der Waals surface area contributed by atoms with Gasteiger partial charge in [-0.3, -0.25) is 14.4 Å². The van der Waals surface area contributed by atoms with Gasteiger partial charge in [-0.15, -0.1) is 0 Å². The number of nitrogens with one attached hydrogen (secondary N) is 2. The molecule has 1 aliphatic rings. The van der Waals surface area contributed by atoms with E-state index in [1.165, 1.54) is 0 Å². The number of anilines is 2. The Bertz CT molecular complexity index is 1180. The normalized spacial score (nSPS) is 15.1. The average molecular weight is 472 g/mol. The van der Waals surface area contributed by atoms with Gasteiger partial charge in [0.25, 0.3) is 5.91 Å². The molecule has 1 saturated heterocycles. The number of benzene rings is 3. The Morgan fingerprint density at radius 1 is 1.00 bits per heavy atom. The molecule has 0 bridgehead atoms. The van der Waals surface area contributed by atoms with Crippen LogP contribution in [-0.2, 0) is 20.8 Å². The molecule has 2 N–H and O–H groups in total. The van der Waals surface area contributed by atoms with Crippen LogP contribution in [0.3, 0.4) is 0 Å². The third kappa shape index (κ3) is 6.69. The van der Waals surface area contributed by atoms with Crippen molar-refractivity contribution in [1.29, 1.82) is 0 Å². The highest BCUT2D eigenvalue weighted by atomic mass is 16.5. The van der Waals surface area contributed by atoms with Gasteiger partial charge in [0.1, 0.15) is 5.75 Å². The summed E-state index contributed by atoms with van der Waals surface area (Å²) in [5, 5.41) is 5.75. The van der Waals surface area contributed by atoms with Gasteiger partial charge in [0.15, 0.2) is 6.61 Å². The number of rotatable bonds is 9. The summed E-state index contributed by atoms with van der Waals surface area (Å²) in [5.74, 6) is -0.291. The van der Waals surface area contributed by atoms with E-state index >= 15 is 0 Å². The summed E-state index contributed by atoms with van der Waals surface area (Å²) >= 11 is 0. The molecule has 1 heterocycles. The number of hydrogen-bond donors (Lipinski definition) is 2. The summed E-state index contributed by atoms with van der Waals surface area (Å²) in [6, 6.07) is 24.5. The van der Waals surface area contributed by atoms with Crippen LogP contribution in [0.25, 0.3) is 0 Å². The summed E-state index contributed by atoms with van der Waals surface area (Å²) in [6.45, 7) is 2.72. The molecule has 0 unspecified atom stereocenters. The lowest BCUT2D eigenvalue weighted by molar-refractivity contribution is -0.126. The minimum atomic E-state index is -0.375. The first-order valence-electron chi connectivity index (χ1n) is 11.7. The van der Waals surface area contributed by atoms with E-state index in [0.717, 1.165) is 23.2 Å². The van der Waals surface area contributed by atoms with Crippen molar-refractivity contribution in [2.75, 3.05) is 29.9 Å². The van der Waals surface area contributed by atoms with E-state index in [4.69, 9.17) is 4.74 Å². The molecule has 3 aromatic rings. The van der Waals surface area contributed by atoms with Crippen molar-refractivity contribution >= 4 is 29.1 Å². The fourth-order valence-corrected chi connectivity index (χ4v) is 4.04. The Balaban J connectivity index is 1.24. The SMILES string of the molecule is Cc1cccc(NC(=O)COc2ccc(N3C[C@@H](C(=O)NCCc4ccccc4)CC3=O)cc2)c1. The molecular weight excluding hydrogens is 442 g/mol. The van der Waals surface area contributed by atoms with Crippen LogP contribution in [0.2, 0.25) is 0 Å². The second-order valence-corrected chi connectivity index (χ2v) is 8.63. The van der Waals surface area contributed by atoms with Gasteiger partial charge in [0, 0.05) is 30.9 Å². The van der Waals surface area contributed by atoms with E-state index < -0.39 is 0 Å². The van der Waals surface area contributed by atoms with Gasteiger partial charge >= 0.3 is 0 Å². The molecule has 1 fully saturated rings. The van der Waals surface area contributed by atoms with Crippen molar-refractivity contribution in [2.45, 2.75) is 19.8 Å². The summed E-state index contributed by atoms with van der Waals surface area (Å²) in [6.07, 6.45) is 0.940. The first-order valence-corrected chi connectivity index (χ1v) is 11.7. The van der Waals surface area contributed by atoms with Crippen LogP contribution in [0.5, 0.6) is 5.75 Å². The maximum absolute atomic E-state index is 12.6. The summed E-state index contributed by atoms with van der Waals surface area (Å²) in [5.41, 5.74) is 3.64. The fourth-order valence-electron chi connectivity index (χ4n) is 4.04. The lowest BCUT2D eigenvalue weighted by Crippen LogP contribution is -2.34. The molecule has 180 valence electrons. The highest BCUT2D eigenvalue weighted by Crippen LogP contribution is 2.27. The van der Waals surface area contributed by atoms with E-state index in [1.54, 1.807) is 29.2 Å². The largest absolute Gasteiger partial charge is 0.484 e. The number of hydrogen-bond acceptors (Lipinski definition) is 4. The first-order chi connectivity index (χ1) is 17.0. The Kier molecular flexibility index (Phi) is 7.77. The average Bonchev–Trinajstić information content (AvgIpc) is 3.25. The predicted molar refractivity (Wildman–Crippen MR) is 135 cm³/mol. The third-order valence-electron chi connectivity index (χ3n) is 5.87. The number of ether oxygens (including phenoxy) is 1. The van der Waals surface area contributed by atoms with E-state index in [-0.39, 0.29) is 36.7 Å². The Hall–Kier alpha value is -4.13. The van der Waals surface area contributed by atoms with E-state index in [1.807, 2.05) is 61.5 Å². The zero-order valence-electron chi connectivity index (χ0n) is 19.7. The highest BCUT2D eigenvalue weighted by molar-refractivity contribution is 6.00. The molecule has 0 spiro atoms. The maximum atomic E-state index is 12.6. The fraction of sp³-hybridized carbons (Fsp3) is 0.250. The molecule has 0 radical (unpaired) electrons. The second-order valence-electron chi connectivity index (χ2n) is 8.63. The molecular formula is C28H29N3O4. The van der Waals surface area contributed by atoms with Crippen LogP contribution in [0, 0.1) is 12.8 Å². The van der Waals surface area contributed by atoms with Crippen LogP contribution in [-0.4, -0.2) is 37.4 Å². The molecule has 3 aromatic carbocycles. The number of nitrogens with zero attached hydrogens (tertiary/aromatic N) is 1. The van der Waals surface area contributed by atoms with Crippen LogP contribution in [0.1, 0.15) is 17.5 Å². The Morgan fingerprint density at radius 3 is 2.51 bits per heavy atom. The lowest BCUT2D eigenvalue weighted by atomic mass is 10.1. The molecule has 35 heavy (non-hydrogen) atoms. The maximum Gasteiger partial charge on any atom is 0.262 e. The van der Waals surface area contributed by atoms with Gasteiger partial charge in [-0.1, -0.05) is 42.5 Å². The van der Waals surface area contributed by atoms with Gasteiger partial charge in [-0.25, -0.2) is 0 Å². The predicted octanol–water partition coefficient (Wildman–Crippen LogP) is 3.72. The van der Waals surface area contributed by atoms with E-state index in [2.05, 4.69) is 10.6 Å². The van der Waals surface area contributed by atoms with Crippen molar-refractivity contribution in [1.82, 2.24) is 5.32 Å². The first kappa shape index (κ1) is 24.0. The smallest absolute Gasteiger partial charge is 0.262 e. The van der Waals surface area contributed by atoms with Crippen LogP contribution >= 0.6 is 0 Å². The number of carbonyl (C=O) groups excluding carboxylic acids is 3. The summed E-state index contributed by atoms with van der Waals surface area (Å²) < 4.78 is 5.58. The zero-order valence-corrected chi connectivity index (χ0v) is 19.7. The van der Waals surface area contributed by atoms with Gasteiger partial charge in [0.2, 0.25) is 11.8 Å². The van der Waals surface area contributed by atoms with Crippen molar-refractivity contribution in [3.63, 3.8) is 0 Å². The lowest BCUT2D eigenvalue weighted by Gasteiger charge is -2.17. The molecule has 0 aromatic heterocycles. The minimum Gasteiger partial charge on any atom is -0.484 e. The summed E-state index contributed by atoms with van der Waals surface area (Å²) in [7, 11) is 0. The number of aryl methyl sites for hydroxylation is 1. The molecule has 1 aliphatic heterocycles. The second kappa shape index (κ2) is 11.3. The number of amides is 3. The topological polar surface area (TPSA) is 87.7 Å². The molecule has 0 aliphatic carbocycles.